The standard InChI is InChI=1S/C24H34N2O3/c1-25(15-20-9-4-3-5-10-20)17-22(27)18-26(19-23-12-8-14-29-23)16-21-11-6-7-13-24(21)28-2/h3-7,9-11,13,22-23,27H,8,12,14-19H2,1-2H3. The number of aliphatic hydroxyl groups is 1. The van der Waals surface area contributed by atoms with Gasteiger partial charge in [0.25, 0.3) is 0 Å². The van der Waals surface area contributed by atoms with E-state index in [1.54, 1.807) is 7.11 Å². The maximum atomic E-state index is 10.8. The van der Waals surface area contributed by atoms with Gasteiger partial charge in [-0.2, -0.15) is 0 Å². The van der Waals surface area contributed by atoms with Crippen molar-refractivity contribution in [3.05, 3.63) is 65.7 Å². The summed E-state index contributed by atoms with van der Waals surface area (Å²) < 4.78 is 11.4. The van der Waals surface area contributed by atoms with Gasteiger partial charge >= 0.3 is 0 Å². The average molecular weight is 399 g/mol. The third-order valence-electron chi connectivity index (χ3n) is 5.36. The van der Waals surface area contributed by atoms with E-state index in [9.17, 15) is 5.11 Å². The number of hydrogen-bond acceptors (Lipinski definition) is 5. The number of aliphatic hydroxyl groups excluding tert-OH is 1. The Bertz CT molecular complexity index is 719. The minimum Gasteiger partial charge on any atom is -0.496 e. The smallest absolute Gasteiger partial charge is 0.123 e. The fourth-order valence-corrected chi connectivity index (χ4v) is 4.03. The molecule has 1 aliphatic rings. The van der Waals surface area contributed by atoms with Crippen molar-refractivity contribution >= 4 is 0 Å². The number of benzene rings is 2. The van der Waals surface area contributed by atoms with Crippen LogP contribution in [0.15, 0.2) is 54.6 Å². The van der Waals surface area contributed by atoms with Crippen LogP contribution in [-0.2, 0) is 17.8 Å². The SMILES string of the molecule is COc1ccccc1CN(CC(O)CN(C)Cc1ccccc1)CC1CCCO1. The Morgan fingerprint density at radius 3 is 2.55 bits per heavy atom. The van der Waals surface area contributed by atoms with Crippen LogP contribution >= 0.6 is 0 Å². The molecule has 0 aromatic heterocycles. The Balaban J connectivity index is 1.59. The molecule has 5 heteroatoms. The van der Waals surface area contributed by atoms with E-state index in [2.05, 4.69) is 47.2 Å². The summed E-state index contributed by atoms with van der Waals surface area (Å²) in [6.45, 7) is 4.48. The first-order chi connectivity index (χ1) is 14.1. The number of para-hydroxylation sites is 1. The summed E-state index contributed by atoms with van der Waals surface area (Å²) in [5, 5.41) is 10.8. The monoisotopic (exact) mass is 398 g/mol. The molecule has 3 rings (SSSR count). The molecule has 1 fully saturated rings. The lowest BCUT2D eigenvalue weighted by Gasteiger charge is -2.29. The van der Waals surface area contributed by atoms with Crippen molar-refractivity contribution in [3.8, 4) is 5.75 Å². The summed E-state index contributed by atoms with van der Waals surface area (Å²) in [5.74, 6) is 0.889. The third kappa shape index (κ3) is 7.12. The average Bonchev–Trinajstić information content (AvgIpc) is 3.22. The summed E-state index contributed by atoms with van der Waals surface area (Å²) in [4.78, 5) is 4.47. The van der Waals surface area contributed by atoms with Crippen LogP contribution in [0.1, 0.15) is 24.0 Å². The second-order valence-corrected chi connectivity index (χ2v) is 7.98. The first kappa shape index (κ1) is 21.8. The van der Waals surface area contributed by atoms with E-state index in [1.807, 2.05) is 24.3 Å². The van der Waals surface area contributed by atoms with Crippen LogP contribution in [-0.4, -0.2) is 67.5 Å². The number of likely N-dealkylation sites (N-methyl/N-ethyl adjacent to an activating group) is 1. The molecule has 5 nitrogen and oxygen atoms in total. The van der Waals surface area contributed by atoms with Crippen molar-refractivity contribution in [2.45, 2.75) is 38.1 Å². The summed E-state index contributed by atoms with van der Waals surface area (Å²) in [7, 11) is 3.76. The van der Waals surface area contributed by atoms with Crippen LogP contribution < -0.4 is 4.74 Å². The Labute approximate surface area is 174 Å². The summed E-state index contributed by atoms with van der Waals surface area (Å²) >= 11 is 0. The van der Waals surface area contributed by atoms with Gasteiger partial charge in [0.2, 0.25) is 0 Å². The molecule has 2 aromatic rings. The molecular weight excluding hydrogens is 364 g/mol. The number of methoxy groups -OCH3 is 1. The Morgan fingerprint density at radius 2 is 1.83 bits per heavy atom. The van der Waals surface area contributed by atoms with Crippen LogP contribution in [0.5, 0.6) is 5.75 Å². The lowest BCUT2D eigenvalue weighted by molar-refractivity contribution is 0.0363. The molecule has 29 heavy (non-hydrogen) atoms. The van der Waals surface area contributed by atoms with Crippen LogP contribution in [0.2, 0.25) is 0 Å². The molecule has 0 amide bonds. The van der Waals surface area contributed by atoms with Gasteiger partial charge in [-0.25, -0.2) is 0 Å². The highest BCUT2D eigenvalue weighted by Crippen LogP contribution is 2.21. The second kappa shape index (κ2) is 11.3. The van der Waals surface area contributed by atoms with Crippen LogP contribution in [0.25, 0.3) is 0 Å². The molecule has 0 aliphatic carbocycles. The third-order valence-corrected chi connectivity index (χ3v) is 5.36. The number of ether oxygens (including phenoxy) is 2. The number of rotatable bonds is 11. The van der Waals surface area contributed by atoms with Crippen LogP contribution in [0.3, 0.4) is 0 Å². The highest BCUT2D eigenvalue weighted by atomic mass is 16.5. The van der Waals surface area contributed by atoms with Gasteiger partial charge in [0.15, 0.2) is 0 Å². The van der Waals surface area contributed by atoms with Crippen molar-refractivity contribution < 1.29 is 14.6 Å². The summed E-state index contributed by atoms with van der Waals surface area (Å²) in [6, 6.07) is 18.5. The molecule has 1 aliphatic heterocycles. The molecule has 1 heterocycles. The number of nitrogens with zero attached hydrogens (tertiary/aromatic N) is 2. The maximum Gasteiger partial charge on any atom is 0.123 e. The van der Waals surface area contributed by atoms with E-state index in [0.29, 0.717) is 13.1 Å². The van der Waals surface area contributed by atoms with E-state index in [1.165, 1.54) is 5.56 Å². The van der Waals surface area contributed by atoms with E-state index in [-0.39, 0.29) is 6.10 Å². The highest BCUT2D eigenvalue weighted by molar-refractivity contribution is 5.33. The zero-order chi connectivity index (χ0) is 20.5. The van der Waals surface area contributed by atoms with Crippen LogP contribution in [0, 0.1) is 0 Å². The van der Waals surface area contributed by atoms with Gasteiger partial charge in [-0.3, -0.25) is 9.80 Å². The fourth-order valence-electron chi connectivity index (χ4n) is 4.03. The summed E-state index contributed by atoms with van der Waals surface area (Å²) in [5.41, 5.74) is 2.39. The summed E-state index contributed by atoms with van der Waals surface area (Å²) in [6.07, 6.45) is 2.03. The van der Waals surface area contributed by atoms with Crippen molar-refractivity contribution in [3.63, 3.8) is 0 Å². The van der Waals surface area contributed by atoms with Crippen LogP contribution in [0.4, 0.5) is 0 Å². The molecular formula is C24H34N2O3. The molecule has 2 unspecified atom stereocenters. The predicted molar refractivity (Wildman–Crippen MR) is 116 cm³/mol. The van der Waals surface area contributed by atoms with Gasteiger partial charge in [0.05, 0.1) is 19.3 Å². The quantitative estimate of drug-likeness (QED) is 0.630. The van der Waals surface area contributed by atoms with E-state index >= 15 is 0 Å². The zero-order valence-corrected chi connectivity index (χ0v) is 17.7. The van der Waals surface area contributed by atoms with Crippen molar-refractivity contribution in [1.82, 2.24) is 9.80 Å². The highest BCUT2D eigenvalue weighted by Gasteiger charge is 2.22. The lowest BCUT2D eigenvalue weighted by atomic mass is 10.1. The Kier molecular flexibility index (Phi) is 8.50. The largest absolute Gasteiger partial charge is 0.496 e. The first-order valence-electron chi connectivity index (χ1n) is 10.5. The normalized spacial score (nSPS) is 17.8. The predicted octanol–water partition coefficient (Wildman–Crippen LogP) is 3.17. The van der Waals surface area contributed by atoms with Gasteiger partial charge in [0, 0.05) is 44.9 Å². The van der Waals surface area contributed by atoms with Gasteiger partial charge in [-0.15, -0.1) is 0 Å². The minimum absolute atomic E-state index is 0.249. The van der Waals surface area contributed by atoms with Gasteiger partial charge in [-0.05, 0) is 31.5 Å². The molecule has 0 spiro atoms. The molecule has 1 saturated heterocycles. The molecule has 1 N–H and O–H groups in total. The first-order valence-corrected chi connectivity index (χ1v) is 10.5. The van der Waals surface area contributed by atoms with Crippen molar-refractivity contribution in [1.29, 1.82) is 0 Å². The van der Waals surface area contributed by atoms with E-state index in [4.69, 9.17) is 9.47 Å². The molecule has 0 saturated carbocycles. The second-order valence-electron chi connectivity index (χ2n) is 7.98. The molecule has 0 radical (unpaired) electrons. The topological polar surface area (TPSA) is 45.2 Å². The van der Waals surface area contributed by atoms with E-state index < -0.39 is 6.10 Å². The lowest BCUT2D eigenvalue weighted by Crippen LogP contribution is -2.41. The maximum absolute atomic E-state index is 10.8. The van der Waals surface area contributed by atoms with Crippen molar-refractivity contribution in [2.24, 2.45) is 0 Å². The zero-order valence-electron chi connectivity index (χ0n) is 17.7. The fraction of sp³-hybridized carbons (Fsp3) is 0.500. The van der Waals surface area contributed by atoms with Gasteiger partial charge in [0.1, 0.15) is 5.75 Å². The Hall–Kier alpha value is -1.92. The minimum atomic E-state index is -0.431. The molecule has 158 valence electrons. The van der Waals surface area contributed by atoms with Crippen molar-refractivity contribution in [2.75, 3.05) is 40.4 Å². The molecule has 2 atom stereocenters. The van der Waals surface area contributed by atoms with Gasteiger partial charge in [-0.1, -0.05) is 48.5 Å². The Morgan fingerprint density at radius 1 is 1.07 bits per heavy atom. The number of hydrogen-bond donors (Lipinski definition) is 1. The van der Waals surface area contributed by atoms with Gasteiger partial charge < -0.3 is 14.6 Å². The molecule has 0 bridgehead atoms. The van der Waals surface area contributed by atoms with E-state index in [0.717, 1.165) is 50.4 Å². The molecule has 2 aromatic carbocycles.